The van der Waals surface area contributed by atoms with Crippen LogP contribution in [0.15, 0.2) is 0 Å². The van der Waals surface area contributed by atoms with E-state index >= 15 is 0 Å². The van der Waals surface area contributed by atoms with Gasteiger partial charge in [0.15, 0.2) is 0 Å². The Morgan fingerprint density at radius 2 is 1.24 bits per heavy atom. The molecule has 104 valence electrons. The first-order valence-corrected chi connectivity index (χ1v) is 6.34. The molecule has 17 heavy (non-hydrogen) atoms. The van der Waals surface area contributed by atoms with E-state index in [1.165, 1.54) is 0 Å². The third-order valence-electron chi connectivity index (χ3n) is 2.03. The summed E-state index contributed by atoms with van der Waals surface area (Å²) in [5.41, 5.74) is 0. The van der Waals surface area contributed by atoms with Crippen LogP contribution in [0.4, 0.5) is 0 Å². The smallest absolute Gasteiger partial charge is 0.0701 e. The quantitative estimate of drug-likeness (QED) is 0.459. The number of hydrogen-bond acceptors (Lipinski definition) is 5. The van der Waals surface area contributed by atoms with Crippen LogP contribution in [0, 0.1) is 0 Å². The average Bonchev–Trinajstić information content (AvgIpc) is 2.35. The van der Waals surface area contributed by atoms with Gasteiger partial charge in [-0.3, -0.25) is 0 Å². The van der Waals surface area contributed by atoms with Crippen molar-refractivity contribution in [2.24, 2.45) is 0 Å². The van der Waals surface area contributed by atoms with Crippen LogP contribution in [0.2, 0.25) is 0 Å². The maximum absolute atomic E-state index is 5.38. The van der Waals surface area contributed by atoms with Gasteiger partial charge in [-0.15, -0.1) is 0 Å². The zero-order chi connectivity index (χ0) is 12.6. The number of hydrogen-bond donors (Lipinski definition) is 1. The first-order chi connectivity index (χ1) is 8.41. The highest BCUT2D eigenvalue weighted by Crippen LogP contribution is 1.81. The van der Waals surface area contributed by atoms with Crippen molar-refractivity contribution >= 4 is 0 Å². The summed E-state index contributed by atoms with van der Waals surface area (Å²) in [5, 5.41) is 3.27. The third-order valence-corrected chi connectivity index (χ3v) is 2.03. The molecule has 0 aliphatic carbocycles. The fourth-order valence-electron chi connectivity index (χ4n) is 1.13. The molecule has 0 atom stereocenters. The second kappa shape index (κ2) is 15.8. The van der Waals surface area contributed by atoms with Crippen LogP contribution in [0.1, 0.15) is 13.3 Å². The monoisotopic (exact) mass is 249 g/mol. The van der Waals surface area contributed by atoms with Gasteiger partial charge in [-0.25, -0.2) is 0 Å². The Labute approximate surface area is 105 Å². The third kappa shape index (κ3) is 15.8. The molecule has 5 nitrogen and oxygen atoms in total. The van der Waals surface area contributed by atoms with E-state index in [0.717, 1.165) is 26.1 Å². The molecule has 0 saturated carbocycles. The molecule has 0 unspecified atom stereocenters. The van der Waals surface area contributed by atoms with Gasteiger partial charge in [-0.1, -0.05) is 6.92 Å². The first kappa shape index (κ1) is 16.8. The van der Waals surface area contributed by atoms with Gasteiger partial charge < -0.3 is 24.3 Å². The predicted molar refractivity (Wildman–Crippen MR) is 67.5 cm³/mol. The molecular weight excluding hydrogens is 222 g/mol. The summed E-state index contributed by atoms with van der Waals surface area (Å²) >= 11 is 0. The first-order valence-electron chi connectivity index (χ1n) is 6.34. The van der Waals surface area contributed by atoms with E-state index in [2.05, 4.69) is 12.2 Å². The van der Waals surface area contributed by atoms with E-state index < -0.39 is 0 Å². The maximum Gasteiger partial charge on any atom is 0.0701 e. The lowest BCUT2D eigenvalue weighted by molar-refractivity contribution is 0.00412. The molecule has 0 rings (SSSR count). The van der Waals surface area contributed by atoms with Crippen LogP contribution in [-0.4, -0.2) is 66.4 Å². The van der Waals surface area contributed by atoms with Crippen molar-refractivity contribution in [2.75, 3.05) is 66.4 Å². The van der Waals surface area contributed by atoms with Gasteiger partial charge >= 0.3 is 0 Å². The van der Waals surface area contributed by atoms with Gasteiger partial charge in [0.25, 0.3) is 0 Å². The van der Waals surface area contributed by atoms with Crippen molar-refractivity contribution in [1.82, 2.24) is 5.32 Å². The van der Waals surface area contributed by atoms with Gasteiger partial charge in [-0.05, 0) is 13.0 Å². The van der Waals surface area contributed by atoms with Crippen LogP contribution >= 0.6 is 0 Å². The zero-order valence-electron chi connectivity index (χ0n) is 11.2. The molecule has 0 spiro atoms. The number of methoxy groups -OCH3 is 1. The second-order valence-electron chi connectivity index (χ2n) is 3.58. The molecule has 0 aliphatic rings. The van der Waals surface area contributed by atoms with E-state index in [1.807, 2.05) is 0 Å². The average molecular weight is 249 g/mol. The lowest BCUT2D eigenvalue weighted by atomic mass is 10.5. The van der Waals surface area contributed by atoms with Crippen LogP contribution in [0.25, 0.3) is 0 Å². The van der Waals surface area contributed by atoms with Gasteiger partial charge in [0, 0.05) is 13.7 Å². The SMILES string of the molecule is CCCNCCOCCOCCOCCOC. The van der Waals surface area contributed by atoms with Crippen LogP contribution < -0.4 is 5.32 Å². The molecular formula is C12H27NO4. The lowest BCUT2D eigenvalue weighted by Crippen LogP contribution is -2.21. The fraction of sp³-hybridized carbons (Fsp3) is 1.00. The summed E-state index contributed by atoms with van der Waals surface area (Å²) in [7, 11) is 1.66. The predicted octanol–water partition coefficient (Wildman–Crippen LogP) is 0.682. The molecule has 0 bridgehead atoms. The van der Waals surface area contributed by atoms with E-state index in [1.54, 1.807) is 7.11 Å². The molecule has 0 saturated heterocycles. The van der Waals surface area contributed by atoms with Crippen molar-refractivity contribution in [1.29, 1.82) is 0 Å². The minimum absolute atomic E-state index is 0.612. The number of rotatable bonds is 14. The summed E-state index contributed by atoms with van der Waals surface area (Å²) < 4.78 is 20.8. The molecule has 0 amide bonds. The van der Waals surface area contributed by atoms with Crippen molar-refractivity contribution in [3.63, 3.8) is 0 Å². The highest BCUT2D eigenvalue weighted by atomic mass is 16.6. The molecule has 0 aliphatic heterocycles. The summed E-state index contributed by atoms with van der Waals surface area (Å²) in [5.74, 6) is 0. The van der Waals surface area contributed by atoms with E-state index in [9.17, 15) is 0 Å². The highest BCUT2D eigenvalue weighted by Gasteiger charge is 1.91. The molecule has 0 aromatic heterocycles. The van der Waals surface area contributed by atoms with E-state index in [0.29, 0.717) is 39.6 Å². The summed E-state index contributed by atoms with van der Waals surface area (Å²) in [6.07, 6.45) is 1.16. The highest BCUT2D eigenvalue weighted by molar-refractivity contribution is 4.43. The molecule has 5 heteroatoms. The zero-order valence-corrected chi connectivity index (χ0v) is 11.2. The Balaban J connectivity index is 2.85. The topological polar surface area (TPSA) is 49.0 Å². The summed E-state index contributed by atoms with van der Waals surface area (Å²) in [6, 6.07) is 0. The van der Waals surface area contributed by atoms with Crippen molar-refractivity contribution in [3.05, 3.63) is 0 Å². The normalized spacial score (nSPS) is 10.9. The molecule has 0 aromatic carbocycles. The maximum atomic E-state index is 5.38. The molecule has 0 fully saturated rings. The van der Waals surface area contributed by atoms with Crippen molar-refractivity contribution < 1.29 is 18.9 Å². The molecule has 0 aromatic rings. The Hall–Kier alpha value is -0.200. The fourth-order valence-corrected chi connectivity index (χ4v) is 1.13. The standard InChI is InChI=1S/C12H27NO4/c1-3-4-13-5-6-15-9-10-17-12-11-16-8-7-14-2/h13H,3-12H2,1-2H3. The van der Waals surface area contributed by atoms with Gasteiger partial charge in [-0.2, -0.15) is 0 Å². The lowest BCUT2D eigenvalue weighted by Gasteiger charge is -2.07. The molecule has 1 N–H and O–H groups in total. The largest absolute Gasteiger partial charge is 0.382 e. The Morgan fingerprint density at radius 3 is 1.76 bits per heavy atom. The van der Waals surface area contributed by atoms with E-state index in [4.69, 9.17) is 18.9 Å². The Morgan fingerprint density at radius 1 is 0.706 bits per heavy atom. The van der Waals surface area contributed by atoms with Gasteiger partial charge in [0.2, 0.25) is 0 Å². The van der Waals surface area contributed by atoms with Gasteiger partial charge in [0.1, 0.15) is 0 Å². The van der Waals surface area contributed by atoms with Crippen LogP contribution in [0.3, 0.4) is 0 Å². The second-order valence-corrected chi connectivity index (χ2v) is 3.58. The van der Waals surface area contributed by atoms with Crippen LogP contribution in [0.5, 0.6) is 0 Å². The van der Waals surface area contributed by atoms with E-state index in [-0.39, 0.29) is 0 Å². The molecule has 0 heterocycles. The van der Waals surface area contributed by atoms with Crippen LogP contribution in [-0.2, 0) is 18.9 Å². The van der Waals surface area contributed by atoms with Gasteiger partial charge in [0.05, 0.1) is 46.2 Å². The minimum Gasteiger partial charge on any atom is -0.382 e. The molecule has 0 radical (unpaired) electrons. The number of nitrogens with one attached hydrogen (secondary N) is 1. The summed E-state index contributed by atoms with van der Waals surface area (Å²) in [4.78, 5) is 0. The number of ether oxygens (including phenoxy) is 4. The Bertz CT molecular complexity index is 122. The minimum atomic E-state index is 0.612. The van der Waals surface area contributed by atoms with Crippen molar-refractivity contribution in [3.8, 4) is 0 Å². The summed E-state index contributed by atoms with van der Waals surface area (Å²) in [6.45, 7) is 8.61. The Kier molecular flexibility index (Phi) is 15.6. The van der Waals surface area contributed by atoms with Crippen molar-refractivity contribution in [2.45, 2.75) is 13.3 Å².